The van der Waals surface area contributed by atoms with Gasteiger partial charge in [-0.05, 0) is 58.0 Å². The van der Waals surface area contributed by atoms with Crippen LogP contribution in [0, 0.1) is 23.7 Å². The predicted octanol–water partition coefficient (Wildman–Crippen LogP) is 3.73. The van der Waals surface area contributed by atoms with Crippen molar-refractivity contribution in [1.82, 2.24) is 9.21 Å². The molecule has 1 fully saturated rings. The van der Waals surface area contributed by atoms with E-state index in [0.717, 1.165) is 31.4 Å². The minimum atomic E-state index is -3.81. The molecule has 0 unspecified atom stereocenters. The second kappa shape index (κ2) is 11.7. The molecule has 0 saturated heterocycles. The first-order valence-electron chi connectivity index (χ1n) is 12.4. The number of fused-ring (bicyclic) bond motifs is 1. The molecule has 33 heavy (non-hydrogen) atoms. The zero-order valence-electron chi connectivity index (χ0n) is 20.6. The summed E-state index contributed by atoms with van der Waals surface area (Å²) in [6.45, 7) is 7.63. The van der Waals surface area contributed by atoms with E-state index in [4.69, 9.17) is 4.74 Å². The maximum atomic E-state index is 13.6. The number of benzene rings is 1. The monoisotopic (exact) mass is 476 g/mol. The fourth-order valence-electron chi connectivity index (χ4n) is 4.73. The van der Waals surface area contributed by atoms with Gasteiger partial charge in [0.2, 0.25) is 10.0 Å². The molecular formula is C26H40N2O4S. The van der Waals surface area contributed by atoms with Gasteiger partial charge in [-0.3, -0.25) is 0 Å². The summed E-state index contributed by atoms with van der Waals surface area (Å²) in [4.78, 5) is 2.38. The molecule has 2 aliphatic rings. The Kier molecular flexibility index (Phi) is 9.23. The minimum Gasteiger partial charge on any atom is -0.487 e. The van der Waals surface area contributed by atoms with E-state index in [2.05, 4.69) is 30.7 Å². The van der Waals surface area contributed by atoms with Crippen molar-refractivity contribution < 1.29 is 18.3 Å². The molecule has 1 aromatic carbocycles. The Morgan fingerprint density at radius 3 is 2.67 bits per heavy atom. The number of aliphatic hydroxyl groups is 1. The van der Waals surface area contributed by atoms with Crippen LogP contribution in [0.2, 0.25) is 0 Å². The largest absolute Gasteiger partial charge is 0.487 e. The lowest BCUT2D eigenvalue weighted by molar-refractivity contribution is 0.0752. The van der Waals surface area contributed by atoms with Crippen molar-refractivity contribution >= 4 is 10.0 Å². The van der Waals surface area contributed by atoms with Gasteiger partial charge in [0.25, 0.3) is 0 Å². The van der Waals surface area contributed by atoms with Crippen molar-refractivity contribution in [3.8, 4) is 17.6 Å². The van der Waals surface area contributed by atoms with Crippen molar-refractivity contribution in [1.29, 1.82) is 0 Å². The topological polar surface area (TPSA) is 70.1 Å². The number of rotatable bonds is 6. The molecule has 1 aromatic rings. The summed E-state index contributed by atoms with van der Waals surface area (Å²) in [6, 6.07) is 4.68. The maximum absolute atomic E-state index is 13.6. The molecule has 6 nitrogen and oxygen atoms in total. The fourth-order valence-corrected chi connectivity index (χ4v) is 6.56. The second-order valence-electron chi connectivity index (χ2n) is 9.77. The summed E-state index contributed by atoms with van der Waals surface area (Å²) >= 11 is 0. The van der Waals surface area contributed by atoms with Gasteiger partial charge >= 0.3 is 0 Å². The molecule has 3 rings (SSSR count). The smallest absolute Gasteiger partial charge is 0.247 e. The van der Waals surface area contributed by atoms with Crippen LogP contribution in [0.1, 0.15) is 64.9 Å². The highest BCUT2D eigenvalue weighted by atomic mass is 32.2. The molecule has 0 aromatic heterocycles. The molecule has 1 N–H and O–H groups in total. The van der Waals surface area contributed by atoms with Crippen LogP contribution in [0.5, 0.6) is 5.75 Å². The summed E-state index contributed by atoms with van der Waals surface area (Å²) in [6.07, 6.45) is 6.89. The van der Waals surface area contributed by atoms with Crippen LogP contribution < -0.4 is 4.74 Å². The Balaban J connectivity index is 1.99. The van der Waals surface area contributed by atoms with Crippen LogP contribution in [0.4, 0.5) is 0 Å². The van der Waals surface area contributed by atoms with Crippen LogP contribution in [-0.2, 0) is 10.0 Å². The third-order valence-corrected chi connectivity index (χ3v) is 8.81. The van der Waals surface area contributed by atoms with E-state index < -0.39 is 16.1 Å². The standard InChI is InChI=1S/C26H40N2O4S/c1-5-15-27(4)18-25-20(2)17-28(21(3)19-29)33(30,31)26-14-13-23(16-24(26)32-25)12-11-22-9-7-6-8-10-22/h13-14,16,20-22,25,29H,5-10,15,17-19H2,1-4H3/t20-,21-,25-/m1/s1. The number of aliphatic hydroxyl groups excluding tert-OH is 1. The van der Waals surface area contributed by atoms with Gasteiger partial charge in [-0.15, -0.1) is 0 Å². The Hall–Kier alpha value is -1.59. The van der Waals surface area contributed by atoms with E-state index in [1.165, 1.54) is 23.6 Å². The highest BCUT2D eigenvalue weighted by molar-refractivity contribution is 7.89. The molecule has 1 aliphatic heterocycles. The first-order chi connectivity index (χ1) is 15.8. The Labute approximate surface area is 200 Å². The quantitative estimate of drug-likeness (QED) is 0.634. The van der Waals surface area contributed by atoms with Crippen molar-refractivity contribution in [3.05, 3.63) is 23.8 Å². The molecule has 1 aliphatic carbocycles. The van der Waals surface area contributed by atoms with Gasteiger partial charge in [0.1, 0.15) is 16.7 Å². The van der Waals surface area contributed by atoms with Gasteiger partial charge in [0.05, 0.1) is 6.61 Å². The van der Waals surface area contributed by atoms with E-state index >= 15 is 0 Å². The van der Waals surface area contributed by atoms with E-state index in [1.807, 2.05) is 6.92 Å². The minimum absolute atomic E-state index is 0.0433. The highest BCUT2D eigenvalue weighted by Crippen LogP contribution is 2.34. The predicted molar refractivity (Wildman–Crippen MR) is 132 cm³/mol. The number of ether oxygens (including phenoxy) is 1. The third-order valence-electron chi connectivity index (χ3n) is 6.79. The van der Waals surface area contributed by atoms with Crippen LogP contribution in [0.15, 0.2) is 23.1 Å². The van der Waals surface area contributed by atoms with E-state index in [-0.39, 0.29) is 23.5 Å². The van der Waals surface area contributed by atoms with Crippen LogP contribution >= 0.6 is 0 Å². The van der Waals surface area contributed by atoms with Gasteiger partial charge in [0.15, 0.2) is 0 Å². The molecule has 184 valence electrons. The normalized spacial score (nSPS) is 24.7. The van der Waals surface area contributed by atoms with Gasteiger partial charge in [-0.1, -0.05) is 45.0 Å². The molecular weight excluding hydrogens is 436 g/mol. The van der Waals surface area contributed by atoms with E-state index in [9.17, 15) is 13.5 Å². The molecule has 1 heterocycles. The third kappa shape index (κ3) is 6.51. The van der Waals surface area contributed by atoms with Crippen LogP contribution in [-0.4, -0.2) is 68.2 Å². The highest BCUT2D eigenvalue weighted by Gasteiger charge is 2.38. The van der Waals surface area contributed by atoms with Crippen molar-refractivity contribution in [2.75, 3.05) is 33.3 Å². The molecule has 0 spiro atoms. The SMILES string of the molecule is CCCN(C)C[C@H]1Oc2cc(C#CC3CCCCC3)ccc2S(=O)(=O)N([C@H](C)CO)C[C@H]1C. The summed E-state index contributed by atoms with van der Waals surface area (Å²) < 4.78 is 35.0. The van der Waals surface area contributed by atoms with E-state index in [1.54, 1.807) is 25.1 Å². The number of likely N-dealkylation sites (N-methyl/N-ethyl adjacent to an activating group) is 1. The Morgan fingerprint density at radius 2 is 2.00 bits per heavy atom. The van der Waals surface area contributed by atoms with Crippen LogP contribution in [0.25, 0.3) is 0 Å². The fraction of sp³-hybridized carbons (Fsp3) is 0.692. The van der Waals surface area contributed by atoms with Gasteiger partial charge in [-0.25, -0.2) is 8.42 Å². The molecule has 0 radical (unpaired) electrons. The molecule has 7 heteroatoms. The Morgan fingerprint density at radius 1 is 1.27 bits per heavy atom. The maximum Gasteiger partial charge on any atom is 0.247 e. The number of sulfonamides is 1. The van der Waals surface area contributed by atoms with Gasteiger partial charge in [0, 0.05) is 36.5 Å². The molecule has 0 amide bonds. The summed E-state index contributed by atoms with van der Waals surface area (Å²) in [5.41, 5.74) is 0.783. The number of hydrogen-bond acceptors (Lipinski definition) is 5. The zero-order valence-corrected chi connectivity index (χ0v) is 21.4. The Bertz CT molecular complexity index is 947. The molecule has 3 atom stereocenters. The number of nitrogens with zero attached hydrogens (tertiary/aromatic N) is 2. The summed E-state index contributed by atoms with van der Waals surface area (Å²) in [5, 5.41) is 9.77. The summed E-state index contributed by atoms with van der Waals surface area (Å²) in [5.74, 6) is 7.40. The van der Waals surface area contributed by atoms with E-state index in [0.29, 0.717) is 24.8 Å². The average Bonchev–Trinajstić information content (AvgIpc) is 2.80. The van der Waals surface area contributed by atoms with Crippen molar-refractivity contribution in [2.24, 2.45) is 11.8 Å². The van der Waals surface area contributed by atoms with Crippen molar-refractivity contribution in [3.63, 3.8) is 0 Å². The van der Waals surface area contributed by atoms with Gasteiger partial charge in [-0.2, -0.15) is 4.31 Å². The second-order valence-corrected chi connectivity index (χ2v) is 11.6. The lowest BCUT2D eigenvalue weighted by Crippen LogP contribution is -2.49. The lowest BCUT2D eigenvalue weighted by atomic mass is 9.90. The zero-order chi connectivity index (χ0) is 24.0. The first-order valence-corrected chi connectivity index (χ1v) is 13.8. The first kappa shape index (κ1) is 26.0. The van der Waals surface area contributed by atoms with Crippen molar-refractivity contribution in [2.45, 2.75) is 76.3 Å². The lowest BCUT2D eigenvalue weighted by Gasteiger charge is -2.37. The number of hydrogen-bond donors (Lipinski definition) is 1. The molecule has 1 saturated carbocycles. The summed E-state index contributed by atoms with van der Waals surface area (Å²) in [7, 11) is -1.75. The van der Waals surface area contributed by atoms with Crippen LogP contribution in [0.3, 0.4) is 0 Å². The average molecular weight is 477 g/mol. The van der Waals surface area contributed by atoms with Gasteiger partial charge < -0.3 is 14.7 Å². The molecule has 0 bridgehead atoms.